The van der Waals surface area contributed by atoms with Gasteiger partial charge in [0, 0.05) is 0 Å². The zero-order chi connectivity index (χ0) is 19.4. The highest BCUT2D eigenvalue weighted by atomic mass is 16.7. The molecule has 1 unspecified atom stereocenters. The number of carbonyl (C=O) groups excluding carboxylic acids is 1. The average Bonchev–Trinajstić information content (AvgIpc) is 2.95. The molecule has 0 radical (unpaired) electrons. The number of cyclic esters (lactones) is 1. The molecule has 7 atom stereocenters. The molecule has 1 fully saturated rings. The summed E-state index contributed by atoms with van der Waals surface area (Å²) in [7, 11) is 0. The predicted octanol–water partition coefficient (Wildman–Crippen LogP) is -3.50. The van der Waals surface area contributed by atoms with E-state index in [1.807, 2.05) is 0 Å². The molecule has 6 N–H and O–H groups in total. The third-order valence-electron chi connectivity index (χ3n) is 3.88. The minimum Gasteiger partial charge on any atom is -0.486 e. The molecule has 0 spiro atoms. The maximum atomic E-state index is 12.1. The number of rotatable bonds is 8. The van der Waals surface area contributed by atoms with Crippen LogP contribution in [0.4, 0.5) is 0 Å². The SMILES string of the molecule is C=CCOC1=C(OC2O[C@H](CO)[C@@H](O)[C@H](O)[C@H]2O)C(=O)O[C@@H]1[C@@H](O)CO. The molecule has 0 amide bonds. The quantitative estimate of drug-likeness (QED) is 0.182. The van der Waals surface area contributed by atoms with Crippen molar-refractivity contribution in [2.24, 2.45) is 0 Å². The molecular weight excluding hydrogens is 356 g/mol. The van der Waals surface area contributed by atoms with E-state index in [1.54, 1.807) is 0 Å². The Morgan fingerprint density at radius 2 is 1.88 bits per heavy atom. The van der Waals surface area contributed by atoms with E-state index in [1.165, 1.54) is 6.08 Å². The molecule has 2 aliphatic rings. The van der Waals surface area contributed by atoms with E-state index in [4.69, 9.17) is 24.1 Å². The molecule has 0 aromatic rings. The molecule has 0 aromatic heterocycles. The lowest BCUT2D eigenvalue weighted by Gasteiger charge is -2.39. The van der Waals surface area contributed by atoms with Gasteiger partial charge in [-0.25, -0.2) is 4.79 Å². The molecule has 11 heteroatoms. The van der Waals surface area contributed by atoms with E-state index < -0.39 is 67.9 Å². The lowest BCUT2D eigenvalue weighted by atomic mass is 9.99. The van der Waals surface area contributed by atoms with Crippen molar-refractivity contribution in [3.63, 3.8) is 0 Å². The number of ether oxygens (including phenoxy) is 4. The molecule has 0 aliphatic carbocycles. The van der Waals surface area contributed by atoms with Crippen LogP contribution in [0.5, 0.6) is 0 Å². The Bertz CT molecular complexity index is 546. The smallest absolute Gasteiger partial charge is 0.378 e. The van der Waals surface area contributed by atoms with E-state index >= 15 is 0 Å². The van der Waals surface area contributed by atoms with Gasteiger partial charge in [-0.1, -0.05) is 12.7 Å². The number of esters is 1. The minimum atomic E-state index is -1.75. The summed E-state index contributed by atoms with van der Waals surface area (Å²) in [6.45, 7) is 1.95. The molecule has 0 aromatic carbocycles. The fourth-order valence-electron chi connectivity index (χ4n) is 2.48. The normalized spacial score (nSPS) is 35.8. The topological polar surface area (TPSA) is 175 Å². The molecule has 0 bridgehead atoms. The maximum Gasteiger partial charge on any atom is 0.378 e. The first-order valence-corrected chi connectivity index (χ1v) is 7.80. The lowest BCUT2D eigenvalue weighted by molar-refractivity contribution is -0.291. The van der Waals surface area contributed by atoms with Gasteiger partial charge in [0.2, 0.25) is 12.0 Å². The van der Waals surface area contributed by atoms with Crippen LogP contribution in [0.1, 0.15) is 0 Å². The lowest BCUT2D eigenvalue weighted by Crippen LogP contribution is -2.59. The Labute approximate surface area is 148 Å². The summed E-state index contributed by atoms with van der Waals surface area (Å²) < 4.78 is 20.6. The maximum absolute atomic E-state index is 12.1. The van der Waals surface area contributed by atoms with Crippen LogP contribution < -0.4 is 0 Å². The van der Waals surface area contributed by atoms with Gasteiger partial charge in [-0.05, 0) is 0 Å². The van der Waals surface area contributed by atoms with Gasteiger partial charge in [-0.2, -0.15) is 0 Å². The summed E-state index contributed by atoms with van der Waals surface area (Å²) in [6, 6.07) is 0. The highest BCUT2D eigenvalue weighted by Crippen LogP contribution is 2.31. The van der Waals surface area contributed by atoms with E-state index in [0.29, 0.717) is 0 Å². The third-order valence-corrected chi connectivity index (χ3v) is 3.88. The first-order valence-electron chi connectivity index (χ1n) is 7.80. The molecule has 1 saturated heterocycles. The van der Waals surface area contributed by atoms with Gasteiger partial charge in [-0.15, -0.1) is 0 Å². The van der Waals surface area contributed by atoms with Crippen LogP contribution in [0.2, 0.25) is 0 Å². The van der Waals surface area contributed by atoms with E-state index in [-0.39, 0.29) is 12.4 Å². The highest BCUT2D eigenvalue weighted by Gasteiger charge is 2.48. The van der Waals surface area contributed by atoms with Crippen LogP contribution in [-0.4, -0.2) is 99.3 Å². The molecule has 2 heterocycles. The molecule has 0 saturated carbocycles. The monoisotopic (exact) mass is 378 g/mol. The third kappa shape index (κ3) is 3.99. The average molecular weight is 378 g/mol. The second-order valence-corrected chi connectivity index (χ2v) is 5.68. The van der Waals surface area contributed by atoms with Gasteiger partial charge in [0.25, 0.3) is 0 Å². The molecular formula is C15H22O11. The predicted molar refractivity (Wildman–Crippen MR) is 81.0 cm³/mol. The van der Waals surface area contributed by atoms with E-state index in [9.17, 15) is 30.3 Å². The Morgan fingerprint density at radius 1 is 1.19 bits per heavy atom. The summed E-state index contributed by atoms with van der Waals surface area (Å²) in [5.41, 5.74) is 0. The van der Waals surface area contributed by atoms with Crippen molar-refractivity contribution in [1.29, 1.82) is 0 Å². The number of aliphatic hydroxyl groups excluding tert-OH is 6. The summed E-state index contributed by atoms with van der Waals surface area (Å²) >= 11 is 0. The van der Waals surface area contributed by atoms with Gasteiger partial charge in [-0.3, -0.25) is 0 Å². The second-order valence-electron chi connectivity index (χ2n) is 5.68. The van der Waals surface area contributed by atoms with Crippen molar-refractivity contribution in [3.05, 3.63) is 24.2 Å². The summed E-state index contributed by atoms with van der Waals surface area (Å²) in [4.78, 5) is 12.1. The molecule has 2 rings (SSSR count). The van der Waals surface area contributed by atoms with E-state index in [2.05, 4.69) is 6.58 Å². The Balaban J connectivity index is 2.27. The standard InChI is InChI=1S/C15H22O11/c1-2-3-23-12-11(6(18)4-16)25-14(22)13(12)26-15-10(21)9(20)8(19)7(5-17)24-15/h2,6-11,15-21H,1,3-5H2/t6-,7+,8+,9-,10+,11+,15?/m0/s1. The van der Waals surface area contributed by atoms with Gasteiger partial charge in [0.05, 0.1) is 13.2 Å². The van der Waals surface area contributed by atoms with Crippen LogP contribution in [0.15, 0.2) is 24.2 Å². The minimum absolute atomic E-state index is 0.0812. The number of aliphatic hydroxyl groups is 6. The van der Waals surface area contributed by atoms with Gasteiger partial charge >= 0.3 is 5.97 Å². The van der Waals surface area contributed by atoms with Gasteiger partial charge in [0.15, 0.2) is 11.9 Å². The zero-order valence-electron chi connectivity index (χ0n) is 13.7. The summed E-state index contributed by atoms with van der Waals surface area (Å²) in [5, 5.41) is 57.5. The number of carbonyl (C=O) groups is 1. The van der Waals surface area contributed by atoms with Crippen LogP contribution in [-0.2, 0) is 23.7 Å². The fraction of sp³-hybridized carbons (Fsp3) is 0.667. The van der Waals surface area contributed by atoms with Gasteiger partial charge < -0.3 is 49.6 Å². The van der Waals surface area contributed by atoms with Gasteiger partial charge in [0.1, 0.15) is 37.1 Å². The van der Waals surface area contributed by atoms with Crippen molar-refractivity contribution >= 4 is 5.97 Å². The number of hydrogen-bond acceptors (Lipinski definition) is 11. The highest BCUT2D eigenvalue weighted by molar-refractivity contribution is 5.89. The number of hydrogen-bond donors (Lipinski definition) is 6. The fourth-order valence-corrected chi connectivity index (χ4v) is 2.48. The molecule has 11 nitrogen and oxygen atoms in total. The van der Waals surface area contributed by atoms with Crippen LogP contribution in [0.3, 0.4) is 0 Å². The Kier molecular flexibility index (Phi) is 6.94. The first kappa shape index (κ1) is 20.6. The molecule has 26 heavy (non-hydrogen) atoms. The van der Waals surface area contributed by atoms with Crippen molar-refractivity contribution in [2.45, 2.75) is 42.9 Å². The zero-order valence-corrected chi connectivity index (χ0v) is 13.7. The van der Waals surface area contributed by atoms with Crippen LogP contribution in [0, 0.1) is 0 Å². The van der Waals surface area contributed by atoms with Crippen molar-refractivity contribution in [1.82, 2.24) is 0 Å². The molecule has 148 valence electrons. The first-order chi connectivity index (χ1) is 12.3. The van der Waals surface area contributed by atoms with Crippen LogP contribution >= 0.6 is 0 Å². The van der Waals surface area contributed by atoms with Crippen molar-refractivity contribution in [2.75, 3.05) is 19.8 Å². The van der Waals surface area contributed by atoms with Crippen molar-refractivity contribution in [3.8, 4) is 0 Å². The van der Waals surface area contributed by atoms with E-state index in [0.717, 1.165) is 0 Å². The second kappa shape index (κ2) is 8.77. The molecule has 2 aliphatic heterocycles. The largest absolute Gasteiger partial charge is 0.486 e. The Morgan fingerprint density at radius 3 is 2.46 bits per heavy atom. The Hall–Kier alpha value is -1.73. The van der Waals surface area contributed by atoms with Crippen molar-refractivity contribution < 1.29 is 54.4 Å². The van der Waals surface area contributed by atoms with Crippen LogP contribution in [0.25, 0.3) is 0 Å². The summed E-state index contributed by atoms with van der Waals surface area (Å²) in [6.07, 6.45) is -9.44. The summed E-state index contributed by atoms with van der Waals surface area (Å²) in [5.74, 6) is -1.86.